The van der Waals surface area contributed by atoms with Crippen molar-refractivity contribution in [2.24, 2.45) is 0 Å². The van der Waals surface area contributed by atoms with E-state index in [1.54, 1.807) is 0 Å². The van der Waals surface area contributed by atoms with Gasteiger partial charge in [-0.2, -0.15) is 0 Å². The number of halogens is 5. The van der Waals surface area contributed by atoms with Crippen molar-refractivity contribution in [3.8, 4) is 0 Å². The van der Waals surface area contributed by atoms with Crippen LogP contribution in [0.2, 0.25) is 0 Å². The van der Waals surface area contributed by atoms with E-state index in [2.05, 4.69) is 0 Å². The van der Waals surface area contributed by atoms with Crippen molar-refractivity contribution in [2.45, 2.75) is 19.4 Å². The monoisotopic (exact) mass is 225 g/mol. The Hall–Kier alpha value is -1.33. The number of hydrogen-bond donors (Lipinski definition) is 1. The topological polar surface area (TPSA) is 12.0 Å². The van der Waals surface area contributed by atoms with E-state index in [4.69, 9.17) is 0 Å². The van der Waals surface area contributed by atoms with Crippen molar-refractivity contribution < 1.29 is 22.0 Å². The standard InChI is InChI=1S/C9H8F5N/c1-4(9(13)14)15-8-3-6(11)5(10)2-7(8)12/h2-4,9,15H,1H3. The van der Waals surface area contributed by atoms with E-state index in [0.717, 1.165) is 6.92 Å². The molecule has 1 rings (SSSR count). The molecule has 0 fully saturated rings. The van der Waals surface area contributed by atoms with Crippen molar-refractivity contribution >= 4 is 5.69 Å². The fourth-order valence-corrected chi connectivity index (χ4v) is 0.941. The summed E-state index contributed by atoms with van der Waals surface area (Å²) in [6.07, 6.45) is -2.72. The molecule has 1 unspecified atom stereocenters. The first-order chi connectivity index (χ1) is 6.91. The zero-order valence-corrected chi connectivity index (χ0v) is 7.70. The lowest BCUT2D eigenvalue weighted by Crippen LogP contribution is -2.24. The third kappa shape index (κ3) is 2.81. The molecule has 0 aliphatic carbocycles. The van der Waals surface area contributed by atoms with Crippen molar-refractivity contribution in [3.05, 3.63) is 29.6 Å². The molecule has 0 aromatic heterocycles. The van der Waals surface area contributed by atoms with Gasteiger partial charge in [0.05, 0.1) is 11.7 Å². The van der Waals surface area contributed by atoms with Gasteiger partial charge < -0.3 is 5.32 Å². The summed E-state index contributed by atoms with van der Waals surface area (Å²) in [5.74, 6) is -3.76. The summed E-state index contributed by atoms with van der Waals surface area (Å²) in [6.45, 7) is 1.10. The van der Waals surface area contributed by atoms with Crippen LogP contribution in [-0.2, 0) is 0 Å². The van der Waals surface area contributed by atoms with E-state index < -0.39 is 35.6 Å². The molecule has 6 heteroatoms. The highest BCUT2D eigenvalue weighted by molar-refractivity contribution is 5.46. The Labute approximate surface area is 82.9 Å². The minimum atomic E-state index is -2.72. The van der Waals surface area contributed by atoms with Gasteiger partial charge in [0.25, 0.3) is 6.43 Å². The Morgan fingerprint density at radius 1 is 1.00 bits per heavy atom. The lowest BCUT2D eigenvalue weighted by molar-refractivity contribution is 0.130. The molecule has 0 radical (unpaired) electrons. The smallest absolute Gasteiger partial charge is 0.258 e. The van der Waals surface area contributed by atoms with Gasteiger partial charge in [-0.05, 0) is 6.92 Å². The van der Waals surface area contributed by atoms with Crippen LogP contribution in [-0.4, -0.2) is 12.5 Å². The third-order valence-corrected chi connectivity index (χ3v) is 1.77. The number of benzene rings is 1. The predicted octanol–water partition coefficient (Wildman–Crippen LogP) is 3.17. The van der Waals surface area contributed by atoms with E-state index in [1.165, 1.54) is 0 Å². The summed E-state index contributed by atoms with van der Waals surface area (Å²) in [5.41, 5.74) is -0.485. The Morgan fingerprint density at radius 2 is 1.53 bits per heavy atom. The fraction of sp³-hybridized carbons (Fsp3) is 0.333. The van der Waals surface area contributed by atoms with E-state index in [0.29, 0.717) is 12.1 Å². The molecule has 0 aliphatic rings. The summed E-state index contributed by atoms with van der Waals surface area (Å²) in [7, 11) is 0. The maximum absolute atomic E-state index is 12.9. The number of anilines is 1. The number of hydrogen-bond acceptors (Lipinski definition) is 1. The van der Waals surface area contributed by atoms with Crippen LogP contribution in [0.25, 0.3) is 0 Å². The maximum Gasteiger partial charge on any atom is 0.258 e. The van der Waals surface area contributed by atoms with Crippen LogP contribution in [0.5, 0.6) is 0 Å². The molecule has 1 nitrogen and oxygen atoms in total. The number of rotatable bonds is 3. The van der Waals surface area contributed by atoms with Crippen LogP contribution in [0, 0.1) is 17.5 Å². The largest absolute Gasteiger partial charge is 0.374 e. The third-order valence-electron chi connectivity index (χ3n) is 1.77. The zero-order chi connectivity index (χ0) is 11.6. The first-order valence-electron chi connectivity index (χ1n) is 4.11. The zero-order valence-electron chi connectivity index (χ0n) is 7.70. The highest BCUT2D eigenvalue weighted by atomic mass is 19.3. The quantitative estimate of drug-likeness (QED) is 0.615. The van der Waals surface area contributed by atoms with Crippen LogP contribution in [0.3, 0.4) is 0 Å². The van der Waals surface area contributed by atoms with E-state index >= 15 is 0 Å². The Bertz CT molecular complexity index is 353. The molecule has 1 aromatic carbocycles. The Balaban J connectivity index is 2.91. The average molecular weight is 225 g/mol. The van der Waals surface area contributed by atoms with Gasteiger partial charge >= 0.3 is 0 Å². The molecule has 0 aliphatic heterocycles. The van der Waals surface area contributed by atoms with Gasteiger partial charge in [-0.1, -0.05) is 0 Å². The second-order valence-electron chi connectivity index (χ2n) is 3.01. The van der Waals surface area contributed by atoms with Gasteiger partial charge in [-0.15, -0.1) is 0 Å². The minimum Gasteiger partial charge on any atom is -0.374 e. The SMILES string of the molecule is CC(Nc1cc(F)c(F)cc1F)C(F)F. The van der Waals surface area contributed by atoms with E-state index in [9.17, 15) is 22.0 Å². The molecule has 1 atom stereocenters. The van der Waals surface area contributed by atoms with Gasteiger partial charge in [0.15, 0.2) is 11.6 Å². The summed E-state index contributed by atoms with van der Waals surface area (Å²) >= 11 is 0. The Kier molecular flexibility index (Phi) is 3.49. The summed E-state index contributed by atoms with van der Waals surface area (Å²) in [5, 5.41) is 2.05. The first-order valence-corrected chi connectivity index (χ1v) is 4.11. The number of alkyl halides is 2. The van der Waals surface area contributed by atoms with Crippen molar-refractivity contribution in [2.75, 3.05) is 5.32 Å². The molecule has 84 valence electrons. The molecule has 0 spiro atoms. The molecule has 0 bridgehead atoms. The van der Waals surface area contributed by atoms with Crippen LogP contribution in [0.1, 0.15) is 6.92 Å². The summed E-state index contributed by atoms with van der Waals surface area (Å²) < 4.78 is 62.2. The van der Waals surface area contributed by atoms with Crippen LogP contribution in [0.4, 0.5) is 27.6 Å². The highest BCUT2D eigenvalue weighted by Gasteiger charge is 2.17. The second kappa shape index (κ2) is 4.46. The lowest BCUT2D eigenvalue weighted by Gasteiger charge is -2.14. The molecule has 0 heterocycles. The lowest BCUT2D eigenvalue weighted by atomic mass is 10.2. The molecular formula is C9H8F5N. The maximum atomic E-state index is 12.9. The molecule has 0 amide bonds. The van der Waals surface area contributed by atoms with E-state index in [1.807, 2.05) is 5.32 Å². The Morgan fingerprint density at radius 3 is 2.07 bits per heavy atom. The van der Waals surface area contributed by atoms with Gasteiger partial charge in [0.2, 0.25) is 0 Å². The molecular weight excluding hydrogens is 217 g/mol. The first kappa shape index (κ1) is 11.7. The van der Waals surface area contributed by atoms with Crippen molar-refractivity contribution in [3.63, 3.8) is 0 Å². The van der Waals surface area contributed by atoms with Crippen molar-refractivity contribution in [1.29, 1.82) is 0 Å². The van der Waals surface area contributed by atoms with Crippen LogP contribution < -0.4 is 5.32 Å². The van der Waals surface area contributed by atoms with Gasteiger partial charge in [0.1, 0.15) is 5.82 Å². The molecule has 0 saturated carbocycles. The summed E-state index contributed by atoms with van der Waals surface area (Å²) in [6, 6.07) is -0.538. The normalized spacial score (nSPS) is 13.0. The van der Waals surface area contributed by atoms with Crippen LogP contribution in [0.15, 0.2) is 12.1 Å². The molecule has 15 heavy (non-hydrogen) atoms. The van der Waals surface area contributed by atoms with Gasteiger partial charge in [-0.3, -0.25) is 0 Å². The van der Waals surface area contributed by atoms with Gasteiger partial charge in [-0.25, -0.2) is 22.0 Å². The van der Waals surface area contributed by atoms with Crippen molar-refractivity contribution in [1.82, 2.24) is 0 Å². The number of nitrogens with one attached hydrogen (secondary N) is 1. The van der Waals surface area contributed by atoms with E-state index in [-0.39, 0.29) is 0 Å². The fourth-order valence-electron chi connectivity index (χ4n) is 0.941. The molecule has 1 N–H and O–H groups in total. The van der Waals surface area contributed by atoms with Crippen LogP contribution >= 0.6 is 0 Å². The average Bonchev–Trinajstić information content (AvgIpc) is 2.13. The highest BCUT2D eigenvalue weighted by Crippen LogP contribution is 2.20. The predicted molar refractivity (Wildman–Crippen MR) is 45.4 cm³/mol. The molecule has 1 aromatic rings. The second-order valence-corrected chi connectivity index (χ2v) is 3.01. The van der Waals surface area contributed by atoms with Gasteiger partial charge in [0, 0.05) is 12.1 Å². The summed E-state index contributed by atoms with van der Waals surface area (Å²) in [4.78, 5) is 0. The minimum absolute atomic E-state index is 0.301. The molecule has 0 saturated heterocycles.